The Morgan fingerprint density at radius 3 is 2.38 bits per heavy atom. The molecule has 1 rings (SSSR count). The highest BCUT2D eigenvalue weighted by atomic mass is 16.6. The van der Waals surface area contributed by atoms with E-state index in [4.69, 9.17) is 15.6 Å². The van der Waals surface area contributed by atoms with E-state index in [9.17, 15) is 19.2 Å². The lowest BCUT2D eigenvalue weighted by Gasteiger charge is -2.23. The predicted molar refractivity (Wildman–Crippen MR) is 121 cm³/mol. The number of ether oxygens (including phenoxy) is 1. The van der Waals surface area contributed by atoms with Crippen molar-refractivity contribution in [2.45, 2.75) is 84.3 Å². The molecular formula is C23H35N3O6. The third-order valence-corrected chi connectivity index (χ3v) is 4.73. The lowest BCUT2D eigenvalue weighted by atomic mass is 10.00. The van der Waals surface area contributed by atoms with Gasteiger partial charge in [0.2, 0.25) is 11.8 Å². The Morgan fingerprint density at radius 2 is 1.78 bits per heavy atom. The van der Waals surface area contributed by atoms with E-state index in [0.717, 1.165) is 30.4 Å². The number of carbonyl (C=O) groups is 4. The van der Waals surface area contributed by atoms with Crippen molar-refractivity contribution in [3.8, 4) is 0 Å². The topological polar surface area (TPSA) is 148 Å². The van der Waals surface area contributed by atoms with E-state index >= 15 is 0 Å². The summed E-state index contributed by atoms with van der Waals surface area (Å²) in [6.07, 6.45) is 2.41. The first-order chi connectivity index (χ1) is 14.9. The lowest BCUT2D eigenvalue weighted by Crippen LogP contribution is -2.46. The minimum absolute atomic E-state index is 0.0444. The number of carboxylic acids is 1. The number of benzene rings is 1. The Hall–Kier alpha value is -3.10. The molecule has 0 unspecified atom stereocenters. The van der Waals surface area contributed by atoms with Crippen LogP contribution in [0.2, 0.25) is 0 Å². The number of hydrogen-bond donors (Lipinski definition) is 4. The minimum atomic E-state index is -0.989. The van der Waals surface area contributed by atoms with E-state index in [0.29, 0.717) is 12.1 Å². The van der Waals surface area contributed by atoms with Gasteiger partial charge in [-0.05, 0) is 70.6 Å². The summed E-state index contributed by atoms with van der Waals surface area (Å²) in [6, 6.07) is 4.57. The third-order valence-electron chi connectivity index (χ3n) is 4.73. The summed E-state index contributed by atoms with van der Waals surface area (Å²) >= 11 is 0. The Kier molecular flexibility index (Phi) is 10.7. The van der Waals surface area contributed by atoms with Gasteiger partial charge >= 0.3 is 12.1 Å². The molecule has 178 valence electrons. The number of alkyl carbamates (subject to hydrolysis) is 1. The van der Waals surface area contributed by atoms with E-state index in [-0.39, 0.29) is 19.3 Å². The van der Waals surface area contributed by atoms with Crippen molar-refractivity contribution in [2.75, 3.05) is 5.32 Å². The molecule has 3 amide bonds. The summed E-state index contributed by atoms with van der Waals surface area (Å²) in [5, 5.41) is 14.0. The Morgan fingerprint density at radius 1 is 1.09 bits per heavy atom. The molecule has 0 aromatic heterocycles. The first-order valence-electron chi connectivity index (χ1n) is 10.8. The molecule has 0 saturated heterocycles. The van der Waals surface area contributed by atoms with Crippen LogP contribution >= 0.6 is 0 Å². The molecule has 1 atom stereocenters. The highest BCUT2D eigenvalue weighted by Gasteiger charge is 2.25. The average Bonchev–Trinajstić information content (AvgIpc) is 2.65. The van der Waals surface area contributed by atoms with Gasteiger partial charge in [-0.3, -0.25) is 14.4 Å². The van der Waals surface area contributed by atoms with Crippen LogP contribution in [-0.4, -0.2) is 40.6 Å². The molecule has 0 aliphatic carbocycles. The maximum absolute atomic E-state index is 12.9. The number of unbranched alkanes of at least 4 members (excludes halogenated alkanes) is 2. The highest BCUT2D eigenvalue weighted by molar-refractivity contribution is 5.97. The van der Waals surface area contributed by atoms with Crippen LogP contribution in [0.3, 0.4) is 0 Å². The lowest BCUT2D eigenvalue weighted by molar-refractivity contribution is -0.137. The zero-order chi connectivity index (χ0) is 24.3. The standard InChI is InChI=1S/C23H35N3O6/c1-15-16(9-6-5-7-12-20(28)29)10-8-11-17(15)25-21(30)18(13-14-19(24)27)26-22(31)32-23(2,3)4/h8,10-11,18H,5-7,9,12-14H2,1-4H3,(H2,24,27)(H,25,30)(H,26,31)(H,28,29)/t18-/m0/s1. The van der Waals surface area contributed by atoms with Crippen molar-refractivity contribution >= 4 is 29.6 Å². The largest absolute Gasteiger partial charge is 0.481 e. The zero-order valence-electron chi connectivity index (χ0n) is 19.3. The molecule has 0 spiro atoms. The summed E-state index contributed by atoms with van der Waals surface area (Å²) in [6.45, 7) is 7.02. The fraction of sp³-hybridized carbons (Fsp3) is 0.565. The molecule has 32 heavy (non-hydrogen) atoms. The Labute approximate surface area is 189 Å². The first kappa shape index (κ1) is 26.9. The fourth-order valence-corrected chi connectivity index (χ4v) is 3.08. The van der Waals surface area contributed by atoms with Crippen molar-refractivity contribution in [1.82, 2.24) is 5.32 Å². The molecule has 0 aliphatic heterocycles. The van der Waals surface area contributed by atoms with Crippen LogP contribution in [0.4, 0.5) is 10.5 Å². The van der Waals surface area contributed by atoms with Crippen LogP contribution in [0, 0.1) is 6.92 Å². The number of rotatable bonds is 12. The van der Waals surface area contributed by atoms with Gasteiger partial charge in [0.1, 0.15) is 11.6 Å². The van der Waals surface area contributed by atoms with Crippen molar-refractivity contribution in [3.05, 3.63) is 29.3 Å². The molecule has 5 N–H and O–H groups in total. The van der Waals surface area contributed by atoms with Gasteiger partial charge in [0.05, 0.1) is 0 Å². The van der Waals surface area contributed by atoms with E-state index in [1.807, 2.05) is 19.1 Å². The second-order valence-corrected chi connectivity index (χ2v) is 8.74. The number of carboxylic acid groups (broad SMARTS) is 1. The highest BCUT2D eigenvalue weighted by Crippen LogP contribution is 2.22. The van der Waals surface area contributed by atoms with E-state index in [2.05, 4.69) is 10.6 Å². The van der Waals surface area contributed by atoms with Gasteiger partial charge in [-0.1, -0.05) is 18.6 Å². The molecule has 0 bridgehead atoms. The number of anilines is 1. The van der Waals surface area contributed by atoms with Crippen molar-refractivity contribution < 1.29 is 29.0 Å². The zero-order valence-corrected chi connectivity index (χ0v) is 19.3. The number of hydrogen-bond acceptors (Lipinski definition) is 5. The maximum atomic E-state index is 12.9. The van der Waals surface area contributed by atoms with Gasteiger partial charge in [-0.15, -0.1) is 0 Å². The molecule has 9 nitrogen and oxygen atoms in total. The predicted octanol–water partition coefficient (Wildman–Crippen LogP) is 3.28. The minimum Gasteiger partial charge on any atom is -0.481 e. The second-order valence-electron chi connectivity index (χ2n) is 8.74. The van der Waals surface area contributed by atoms with Crippen molar-refractivity contribution in [2.24, 2.45) is 5.73 Å². The second kappa shape index (κ2) is 12.7. The molecular weight excluding hydrogens is 414 g/mol. The Balaban J connectivity index is 2.81. The van der Waals surface area contributed by atoms with Gasteiger partial charge in [0.25, 0.3) is 0 Å². The summed E-state index contributed by atoms with van der Waals surface area (Å²) in [5.74, 6) is -1.84. The maximum Gasteiger partial charge on any atom is 0.408 e. The molecule has 1 aromatic carbocycles. The van der Waals surface area contributed by atoms with E-state index in [1.165, 1.54) is 0 Å². The molecule has 0 aliphatic rings. The molecule has 1 aromatic rings. The van der Waals surface area contributed by atoms with Gasteiger partial charge < -0.3 is 26.2 Å². The van der Waals surface area contributed by atoms with Crippen LogP contribution in [0.25, 0.3) is 0 Å². The van der Waals surface area contributed by atoms with Crippen molar-refractivity contribution in [3.63, 3.8) is 0 Å². The average molecular weight is 450 g/mol. The fourth-order valence-electron chi connectivity index (χ4n) is 3.08. The van der Waals surface area contributed by atoms with Gasteiger partial charge in [-0.25, -0.2) is 4.79 Å². The summed E-state index contributed by atoms with van der Waals surface area (Å²) in [4.78, 5) is 46.8. The monoisotopic (exact) mass is 449 g/mol. The number of aryl methyl sites for hydroxylation is 1. The van der Waals surface area contributed by atoms with Crippen LogP contribution in [0.5, 0.6) is 0 Å². The van der Waals surface area contributed by atoms with Crippen molar-refractivity contribution in [1.29, 1.82) is 0 Å². The number of nitrogens with two attached hydrogens (primary N) is 1. The van der Waals surface area contributed by atoms with Gasteiger partial charge in [0, 0.05) is 18.5 Å². The number of aliphatic carboxylic acids is 1. The summed E-state index contributed by atoms with van der Waals surface area (Å²) in [5.41, 5.74) is 7.02. The molecule has 0 heterocycles. The summed E-state index contributed by atoms with van der Waals surface area (Å²) in [7, 11) is 0. The first-order valence-corrected chi connectivity index (χ1v) is 10.8. The summed E-state index contributed by atoms with van der Waals surface area (Å²) < 4.78 is 5.21. The molecule has 0 fully saturated rings. The molecule has 9 heteroatoms. The SMILES string of the molecule is Cc1c(CCCCCC(=O)O)cccc1NC(=O)[C@H](CCC(N)=O)NC(=O)OC(C)(C)C. The van der Waals surface area contributed by atoms with Crippen LogP contribution in [-0.2, 0) is 25.5 Å². The normalized spacial score (nSPS) is 12.0. The Bertz CT molecular complexity index is 816. The van der Waals surface area contributed by atoms with Crippen LogP contribution < -0.4 is 16.4 Å². The van der Waals surface area contributed by atoms with Crippen LogP contribution in [0.15, 0.2) is 18.2 Å². The smallest absolute Gasteiger partial charge is 0.408 e. The quantitative estimate of drug-likeness (QED) is 0.360. The number of carbonyl (C=O) groups excluding carboxylic acids is 3. The van der Waals surface area contributed by atoms with Gasteiger partial charge in [0.15, 0.2) is 0 Å². The van der Waals surface area contributed by atoms with Gasteiger partial charge in [-0.2, -0.15) is 0 Å². The van der Waals surface area contributed by atoms with E-state index in [1.54, 1.807) is 26.8 Å². The molecule has 0 saturated carbocycles. The third kappa shape index (κ3) is 10.8. The number of nitrogens with one attached hydrogen (secondary N) is 2. The van der Waals surface area contributed by atoms with Crippen LogP contribution in [0.1, 0.15) is 70.4 Å². The molecule has 0 radical (unpaired) electrons. The van der Waals surface area contributed by atoms with E-state index < -0.39 is 35.5 Å². The number of primary amides is 1. The number of amides is 3.